The second kappa shape index (κ2) is 16.3. The molecule has 0 heterocycles. The Labute approximate surface area is 147 Å². The lowest BCUT2D eigenvalue weighted by Gasteiger charge is -2.22. The van der Waals surface area contributed by atoms with Crippen molar-refractivity contribution in [2.75, 3.05) is 0 Å². The van der Waals surface area contributed by atoms with Gasteiger partial charge in [-0.2, -0.15) is 0 Å². The van der Waals surface area contributed by atoms with Crippen LogP contribution >= 0.6 is 0 Å². The molecule has 0 aliphatic carbocycles. The maximum absolute atomic E-state index is 2.42. The van der Waals surface area contributed by atoms with Gasteiger partial charge < -0.3 is 0 Å². The van der Waals surface area contributed by atoms with E-state index in [0.717, 1.165) is 0 Å². The molecular formula is C23H44. The average molecular weight is 321 g/mol. The Bertz CT molecular complexity index is 282. The monoisotopic (exact) mass is 320 g/mol. The molecular weight excluding hydrogens is 276 g/mol. The van der Waals surface area contributed by atoms with Crippen LogP contribution in [0, 0.1) is 5.41 Å². The van der Waals surface area contributed by atoms with Gasteiger partial charge in [0.05, 0.1) is 0 Å². The molecule has 0 radical (unpaired) electrons. The summed E-state index contributed by atoms with van der Waals surface area (Å²) in [4.78, 5) is 0. The minimum atomic E-state index is 0.468. The fourth-order valence-corrected chi connectivity index (χ4v) is 2.99. The van der Waals surface area contributed by atoms with Gasteiger partial charge in [-0.25, -0.2) is 0 Å². The predicted octanol–water partition coefficient (Wildman–Crippen LogP) is 8.63. The largest absolute Gasteiger partial charge is 0.0845 e. The van der Waals surface area contributed by atoms with E-state index in [1.165, 1.54) is 89.9 Å². The van der Waals surface area contributed by atoms with Gasteiger partial charge >= 0.3 is 0 Å². The summed E-state index contributed by atoms with van der Waals surface area (Å²) in [6.45, 7) is 9.40. The van der Waals surface area contributed by atoms with Crippen molar-refractivity contribution in [3.8, 4) is 0 Å². The molecule has 0 saturated carbocycles. The molecule has 0 aliphatic rings. The molecule has 0 aliphatic heterocycles. The zero-order valence-electron chi connectivity index (χ0n) is 16.7. The van der Waals surface area contributed by atoms with Gasteiger partial charge in [-0.3, -0.25) is 0 Å². The SMILES string of the molecule is CCCCCCCC=CC=CCC(C)(C)CCCCCCCC. The highest BCUT2D eigenvalue weighted by Gasteiger charge is 2.14. The Morgan fingerprint density at radius 2 is 1.13 bits per heavy atom. The van der Waals surface area contributed by atoms with Crippen LogP contribution in [-0.4, -0.2) is 0 Å². The predicted molar refractivity (Wildman–Crippen MR) is 108 cm³/mol. The molecule has 0 fully saturated rings. The van der Waals surface area contributed by atoms with Crippen LogP contribution in [0.4, 0.5) is 0 Å². The number of unbranched alkanes of at least 4 members (excludes halogenated alkanes) is 10. The molecule has 136 valence electrons. The van der Waals surface area contributed by atoms with E-state index >= 15 is 0 Å². The third-order valence-electron chi connectivity index (χ3n) is 4.74. The molecule has 0 unspecified atom stereocenters. The van der Waals surface area contributed by atoms with Crippen molar-refractivity contribution in [1.82, 2.24) is 0 Å². The normalized spacial score (nSPS) is 12.7. The lowest BCUT2D eigenvalue weighted by atomic mass is 9.83. The first kappa shape index (κ1) is 22.5. The molecule has 0 aromatic carbocycles. The van der Waals surface area contributed by atoms with E-state index < -0.39 is 0 Å². The lowest BCUT2D eigenvalue weighted by molar-refractivity contribution is 0.323. The van der Waals surface area contributed by atoms with Crippen LogP contribution in [0.1, 0.15) is 118 Å². The Hall–Kier alpha value is -0.520. The Morgan fingerprint density at radius 3 is 1.78 bits per heavy atom. The Kier molecular flexibility index (Phi) is 16.0. The number of allylic oxidation sites excluding steroid dienone is 4. The lowest BCUT2D eigenvalue weighted by Crippen LogP contribution is -2.09. The maximum Gasteiger partial charge on any atom is -0.0296 e. The van der Waals surface area contributed by atoms with Crippen LogP contribution in [0.3, 0.4) is 0 Å². The van der Waals surface area contributed by atoms with Crippen molar-refractivity contribution in [2.45, 2.75) is 118 Å². The molecule has 0 atom stereocenters. The molecule has 0 spiro atoms. The van der Waals surface area contributed by atoms with Gasteiger partial charge in [-0.15, -0.1) is 0 Å². The molecule has 0 aromatic heterocycles. The van der Waals surface area contributed by atoms with Gasteiger partial charge in [0.2, 0.25) is 0 Å². The highest BCUT2D eigenvalue weighted by atomic mass is 14.2. The van der Waals surface area contributed by atoms with E-state index in [0.29, 0.717) is 5.41 Å². The van der Waals surface area contributed by atoms with Crippen molar-refractivity contribution in [2.24, 2.45) is 5.41 Å². The third kappa shape index (κ3) is 17.7. The molecule has 0 bridgehead atoms. The molecule has 0 nitrogen and oxygen atoms in total. The average Bonchev–Trinajstić information content (AvgIpc) is 2.52. The zero-order valence-corrected chi connectivity index (χ0v) is 16.7. The molecule has 0 amide bonds. The minimum Gasteiger partial charge on any atom is -0.0845 e. The van der Waals surface area contributed by atoms with Crippen molar-refractivity contribution >= 4 is 0 Å². The van der Waals surface area contributed by atoms with Gasteiger partial charge in [-0.1, -0.05) is 116 Å². The van der Waals surface area contributed by atoms with Crippen molar-refractivity contribution < 1.29 is 0 Å². The van der Waals surface area contributed by atoms with E-state index in [9.17, 15) is 0 Å². The fourth-order valence-electron chi connectivity index (χ4n) is 2.99. The summed E-state index contributed by atoms with van der Waals surface area (Å²) in [5.41, 5.74) is 0.468. The van der Waals surface area contributed by atoms with Crippen molar-refractivity contribution in [3.63, 3.8) is 0 Å². The number of rotatable bonds is 16. The van der Waals surface area contributed by atoms with Gasteiger partial charge in [0.15, 0.2) is 0 Å². The molecule has 0 heteroatoms. The standard InChI is InChI=1S/C23H44/c1-5-7-9-11-13-14-15-16-18-20-22-23(3,4)21-19-17-12-10-8-6-2/h15-16,18,20H,5-14,17,19,21-22H2,1-4H3. The third-order valence-corrected chi connectivity index (χ3v) is 4.74. The van der Waals surface area contributed by atoms with E-state index in [1.807, 2.05) is 0 Å². The smallest absolute Gasteiger partial charge is 0.0296 e. The summed E-state index contributed by atoms with van der Waals surface area (Å²) in [7, 11) is 0. The first-order valence-corrected chi connectivity index (χ1v) is 10.4. The summed E-state index contributed by atoms with van der Waals surface area (Å²) in [5.74, 6) is 0. The van der Waals surface area contributed by atoms with E-state index in [1.54, 1.807) is 0 Å². The van der Waals surface area contributed by atoms with E-state index in [4.69, 9.17) is 0 Å². The molecule has 0 N–H and O–H groups in total. The summed E-state index contributed by atoms with van der Waals surface area (Å²) >= 11 is 0. The first-order chi connectivity index (χ1) is 11.1. The summed E-state index contributed by atoms with van der Waals surface area (Å²) in [5, 5.41) is 0. The maximum atomic E-state index is 2.42. The number of hydrogen-bond acceptors (Lipinski definition) is 0. The summed E-state index contributed by atoms with van der Waals surface area (Å²) in [6, 6.07) is 0. The van der Waals surface area contributed by atoms with Crippen molar-refractivity contribution in [1.29, 1.82) is 0 Å². The van der Waals surface area contributed by atoms with Crippen LogP contribution in [0.15, 0.2) is 24.3 Å². The van der Waals surface area contributed by atoms with Crippen LogP contribution in [0.2, 0.25) is 0 Å². The molecule has 0 saturated heterocycles. The highest BCUT2D eigenvalue weighted by molar-refractivity contribution is 5.03. The van der Waals surface area contributed by atoms with E-state index in [-0.39, 0.29) is 0 Å². The van der Waals surface area contributed by atoms with Gasteiger partial charge in [-0.05, 0) is 31.1 Å². The van der Waals surface area contributed by atoms with Crippen LogP contribution in [-0.2, 0) is 0 Å². The first-order valence-electron chi connectivity index (χ1n) is 10.4. The highest BCUT2D eigenvalue weighted by Crippen LogP contribution is 2.28. The zero-order chi connectivity index (χ0) is 17.2. The van der Waals surface area contributed by atoms with Crippen LogP contribution < -0.4 is 0 Å². The topological polar surface area (TPSA) is 0 Å². The second-order valence-electron chi connectivity index (χ2n) is 7.95. The van der Waals surface area contributed by atoms with Gasteiger partial charge in [0.1, 0.15) is 0 Å². The molecule has 23 heavy (non-hydrogen) atoms. The second-order valence-corrected chi connectivity index (χ2v) is 7.95. The Morgan fingerprint density at radius 1 is 0.609 bits per heavy atom. The molecule has 0 aromatic rings. The quantitative estimate of drug-likeness (QED) is 0.197. The molecule has 0 rings (SSSR count). The van der Waals surface area contributed by atoms with Crippen LogP contribution in [0.5, 0.6) is 0 Å². The van der Waals surface area contributed by atoms with Gasteiger partial charge in [0.25, 0.3) is 0 Å². The fraction of sp³-hybridized carbons (Fsp3) is 0.826. The Balaban J connectivity index is 3.58. The van der Waals surface area contributed by atoms with Crippen LogP contribution in [0.25, 0.3) is 0 Å². The summed E-state index contributed by atoms with van der Waals surface area (Å²) < 4.78 is 0. The summed E-state index contributed by atoms with van der Waals surface area (Å²) in [6.07, 6.45) is 28.4. The minimum absolute atomic E-state index is 0.468. The number of hydrogen-bond donors (Lipinski definition) is 0. The van der Waals surface area contributed by atoms with E-state index in [2.05, 4.69) is 52.0 Å². The van der Waals surface area contributed by atoms with Gasteiger partial charge in [0, 0.05) is 0 Å². The van der Waals surface area contributed by atoms with Crippen molar-refractivity contribution in [3.05, 3.63) is 24.3 Å².